The van der Waals surface area contributed by atoms with E-state index in [0.29, 0.717) is 18.1 Å². The molecule has 0 aliphatic rings. The lowest BCUT2D eigenvalue weighted by molar-refractivity contribution is -0.384. The normalized spacial score (nSPS) is 11.2. The van der Waals surface area contributed by atoms with Gasteiger partial charge < -0.3 is 24.3 Å². The van der Waals surface area contributed by atoms with Crippen LogP contribution in [0.5, 0.6) is 17.2 Å². The number of nitro groups is 1. The van der Waals surface area contributed by atoms with Crippen molar-refractivity contribution in [2.75, 3.05) is 26.1 Å². The first kappa shape index (κ1) is 22.5. The number of nitrogens with zero attached hydrogens (tertiary/aromatic N) is 1. The lowest BCUT2D eigenvalue weighted by atomic mass is 10.2. The fraction of sp³-hybridized carbons (Fsp3) is 0.300. The molecule has 2 aromatic carbocycles. The van der Waals surface area contributed by atoms with Crippen LogP contribution in [0.1, 0.15) is 24.2 Å². The summed E-state index contributed by atoms with van der Waals surface area (Å²) in [7, 11) is 2.84. The minimum absolute atomic E-state index is 0.0858. The second-order valence-corrected chi connectivity index (χ2v) is 5.98. The van der Waals surface area contributed by atoms with Gasteiger partial charge in [0.05, 0.1) is 37.0 Å². The first-order valence-electron chi connectivity index (χ1n) is 8.95. The number of benzene rings is 2. The van der Waals surface area contributed by atoms with Crippen molar-refractivity contribution in [2.24, 2.45) is 0 Å². The topological polar surface area (TPSA) is 126 Å². The maximum absolute atomic E-state index is 12.4. The van der Waals surface area contributed by atoms with Crippen LogP contribution in [0.2, 0.25) is 0 Å². The number of amides is 1. The lowest BCUT2D eigenvalue weighted by Gasteiger charge is -2.16. The van der Waals surface area contributed by atoms with Gasteiger partial charge in [0.1, 0.15) is 5.75 Å². The average Bonchev–Trinajstić information content (AvgIpc) is 2.73. The van der Waals surface area contributed by atoms with Gasteiger partial charge in [-0.3, -0.25) is 14.9 Å². The Kier molecular flexibility index (Phi) is 7.56. The van der Waals surface area contributed by atoms with Crippen LogP contribution in [0.4, 0.5) is 11.4 Å². The molecule has 10 nitrogen and oxygen atoms in total. The van der Waals surface area contributed by atoms with Crippen molar-refractivity contribution in [3.63, 3.8) is 0 Å². The Morgan fingerprint density at radius 2 is 1.73 bits per heavy atom. The number of nitro benzene ring substituents is 1. The zero-order valence-electron chi connectivity index (χ0n) is 17.0. The van der Waals surface area contributed by atoms with E-state index in [9.17, 15) is 19.7 Å². The Bertz CT molecular complexity index is 944. The number of non-ortho nitro benzene ring substituents is 1. The molecule has 1 atom stereocenters. The summed E-state index contributed by atoms with van der Waals surface area (Å²) in [5, 5.41) is 13.4. The number of hydrogen-bond donors (Lipinski definition) is 1. The highest BCUT2D eigenvalue weighted by molar-refractivity contribution is 5.98. The van der Waals surface area contributed by atoms with Crippen molar-refractivity contribution < 1.29 is 33.5 Å². The molecule has 0 aliphatic heterocycles. The van der Waals surface area contributed by atoms with Crippen molar-refractivity contribution in [3.8, 4) is 17.2 Å². The molecule has 30 heavy (non-hydrogen) atoms. The molecule has 2 rings (SSSR count). The summed E-state index contributed by atoms with van der Waals surface area (Å²) in [6, 6.07) is 8.26. The van der Waals surface area contributed by atoms with Crippen LogP contribution in [-0.4, -0.2) is 43.7 Å². The van der Waals surface area contributed by atoms with Crippen LogP contribution in [0.25, 0.3) is 0 Å². The molecule has 0 radical (unpaired) electrons. The van der Waals surface area contributed by atoms with Gasteiger partial charge in [0.2, 0.25) is 0 Å². The van der Waals surface area contributed by atoms with Crippen LogP contribution < -0.4 is 19.5 Å². The van der Waals surface area contributed by atoms with Gasteiger partial charge in [-0.25, -0.2) is 4.79 Å². The van der Waals surface area contributed by atoms with Crippen LogP contribution in [0, 0.1) is 10.1 Å². The third-order valence-electron chi connectivity index (χ3n) is 4.00. The molecule has 0 saturated carbocycles. The van der Waals surface area contributed by atoms with Crippen LogP contribution in [0.15, 0.2) is 36.4 Å². The predicted molar refractivity (Wildman–Crippen MR) is 107 cm³/mol. The molecule has 0 heterocycles. The van der Waals surface area contributed by atoms with Crippen molar-refractivity contribution >= 4 is 23.3 Å². The minimum Gasteiger partial charge on any atom is -0.495 e. The minimum atomic E-state index is -1.18. The SMILES string of the molecule is CCOc1cc(C(=O)O[C@H](C)C(=O)Nc2cc([N+](=O)[O-])ccc2OC)ccc1OC. The number of nitrogens with one attached hydrogen (secondary N) is 1. The first-order valence-corrected chi connectivity index (χ1v) is 8.95. The second kappa shape index (κ2) is 10.1. The molecule has 160 valence electrons. The van der Waals surface area contributed by atoms with Crippen LogP contribution in [0.3, 0.4) is 0 Å². The molecule has 0 unspecified atom stereocenters. The molecule has 0 spiro atoms. The van der Waals surface area contributed by atoms with Gasteiger partial charge in [0, 0.05) is 12.1 Å². The molecule has 0 aromatic heterocycles. The van der Waals surface area contributed by atoms with E-state index in [1.807, 2.05) is 0 Å². The molecule has 1 amide bonds. The van der Waals surface area contributed by atoms with E-state index in [4.69, 9.17) is 18.9 Å². The summed E-state index contributed by atoms with van der Waals surface area (Å²) in [5.74, 6) is -0.373. The number of ether oxygens (including phenoxy) is 4. The highest BCUT2D eigenvalue weighted by Crippen LogP contribution is 2.30. The summed E-state index contributed by atoms with van der Waals surface area (Å²) in [4.78, 5) is 35.2. The van der Waals surface area contributed by atoms with Gasteiger partial charge in [0.25, 0.3) is 11.6 Å². The summed E-state index contributed by atoms with van der Waals surface area (Å²) in [5.41, 5.74) is 0.0342. The molecular weight excluding hydrogens is 396 g/mol. The van der Waals surface area contributed by atoms with E-state index >= 15 is 0 Å². The van der Waals surface area contributed by atoms with Crippen LogP contribution in [-0.2, 0) is 9.53 Å². The highest BCUT2D eigenvalue weighted by Gasteiger charge is 2.22. The number of rotatable bonds is 9. The number of anilines is 1. The fourth-order valence-electron chi connectivity index (χ4n) is 2.50. The van der Waals surface area contributed by atoms with Crippen molar-refractivity contribution in [3.05, 3.63) is 52.1 Å². The Morgan fingerprint density at radius 1 is 1.07 bits per heavy atom. The second-order valence-electron chi connectivity index (χ2n) is 5.98. The molecular formula is C20H22N2O8. The van der Waals surface area contributed by atoms with Crippen LogP contribution >= 0.6 is 0 Å². The summed E-state index contributed by atoms with van der Waals surface area (Å²) in [6.45, 7) is 3.54. The zero-order chi connectivity index (χ0) is 22.3. The zero-order valence-corrected chi connectivity index (χ0v) is 17.0. The monoisotopic (exact) mass is 418 g/mol. The lowest BCUT2D eigenvalue weighted by Crippen LogP contribution is -2.30. The smallest absolute Gasteiger partial charge is 0.339 e. The van der Waals surface area contributed by atoms with Crippen molar-refractivity contribution in [1.82, 2.24) is 0 Å². The summed E-state index contributed by atoms with van der Waals surface area (Å²) < 4.78 is 20.9. The van der Waals surface area contributed by atoms with Gasteiger partial charge in [-0.15, -0.1) is 0 Å². The van der Waals surface area contributed by atoms with E-state index in [0.717, 1.165) is 6.07 Å². The first-order chi connectivity index (χ1) is 14.3. The molecule has 1 N–H and O–H groups in total. The van der Waals surface area contributed by atoms with Gasteiger partial charge in [-0.2, -0.15) is 0 Å². The molecule has 0 bridgehead atoms. The summed E-state index contributed by atoms with van der Waals surface area (Å²) in [6.07, 6.45) is -1.18. The summed E-state index contributed by atoms with van der Waals surface area (Å²) >= 11 is 0. The quantitative estimate of drug-likeness (QED) is 0.374. The predicted octanol–water partition coefficient (Wildman–Crippen LogP) is 3.19. The van der Waals surface area contributed by atoms with Gasteiger partial charge in [-0.05, 0) is 38.1 Å². The Labute approximate surface area is 172 Å². The van der Waals surface area contributed by atoms with Gasteiger partial charge >= 0.3 is 5.97 Å². The molecule has 0 aliphatic carbocycles. The van der Waals surface area contributed by atoms with Gasteiger partial charge in [0.15, 0.2) is 17.6 Å². The number of carbonyl (C=O) groups is 2. The largest absolute Gasteiger partial charge is 0.495 e. The molecule has 0 fully saturated rings. The van der Waals surface area contributed by atoms with Gasteiger partial charge in [-0.1, -0.05) is 0 Å². The van der Waals surface area contributed by atoms with Crippen molar-refractivity contribution in [1.29, 1.82) is 0 Å². The number of hydrogen-bond acceptors (Lipinski definition) is 8. The number of esters is 1. The Hall–Kier alpha value is -3.82. The molecule has 2 aromatic rings. The average molecular weight is 418 g/mol. The van der Waals surface area contributed by atoms with Crippen molar-refractivity contribution in [2.45, 2.75) is 20.0 Å². The van der Waals surface area contributed by atoms with E-state index in [1.165, 1.54) is 45.4 Å². The highest BCUT2D eigenvalue weighted by atomic mass is 16.6. The fourth-order valence-corrected chi connectivity index (χ4v) is 2.50. The number of methoxy groups -OCH3 is 2. The molecule has 10 heteroatoms. The maximum atomic E-state index is 12.4. The third-order valence-corrected chi connectivity index (χ3v) is 4.00. The Morgan fingerprint density at radius 3 is 2.33 bits per heavy atom. The van der Waals surface area contributed by atoms with E-state index < -0.39 is 22.9 Å². The number of carbonyl (C=O) groups excluding carboxylic acids is 2. The Balaban J connectivity index is 2.12. The third kappa shape index (κ3) is 5.37. The molecule has 0 saturated heterocycles. The van der Waals surface area contributed by atoms with E-state index in [1.54, 1.807) is 13.0 Å². The van der Waals surface area contributed by atoms with E-state index in [-0.39, 0.29) is 22.7 Å². The van der Waals surface area contributed by atoms with E-state index in [2.05, 4.69) is 5.32 Å². The standard InChI is InChI=1S/C20H22N2O8/c1-5-29-18-10-13(6-8-17(18)28-4)20(24)30-12(2)19(23)21-15-11-14(22(25)26)7-9-16(15)27-3/h6-12H,5H2,1-4H3,(H,21,23)/t12-/m1/s1. The maximum Gasteiger partial charge on any atom is 0.339 e.